The lowest BCUT2D eigenvalue weighted by Crippen LogP contribution is -2.38. The van der Waals surface area contributed by atoms with Gasteiger partial charge in [0, 0.05) is 57.1 Å². The maximum Gasteiger partial charge on any atom is 0.303 e. The molecule has 2 amide bonds. The van der Waals surface area contributed by atoms with Crippen LogP contribution in [0.5, 0.6) is 0 Å². The van der Waals surface area contributed by atoms with Gasteiger partial charge >= 0.3 is 5.97 Å². The van der Waals surface area contributed by atoms with Crippen LogP contribution in [0, 0.1) is 0 Å². The Hall–Kier alpha value is -1.25. The fourth-order valence-corrected chi connectivity index (χ4v) is 7.96. The summed E-state index contributed by atoms with van der Waals surface area (Å²) >= 11 is 0. The molecule has 338 valence electrons. The Labute approximate surface area is 355 Å². The van der Waals surface area contributed by atoms with E-state index < -0.39 is 5.97 Å². The molecule has 0 aromatic rings. The molecule has 0 radical (unpaired) electrons. The molecule has 6 N–H and O–H groups in total. The van der Waals surface area contributed by atoms with E-state index in [0.29, 0.717) is 32.5 Å². The largest absolute Gasteiger partial charge is 0.481 e. The first-order chi connectivity index (χ1) is 27.6. The molecule has 0 spiro atoms. The highest BCUT2D eigenvalue weighted by molar-refractivity contribution is 8.76. The molecule has 17 heteroatoms. The minimum absolute atomic E-state index is 0.0123. The van der Waals surface area contributed by atoms with Crippen molar-refractivity contribution in [3.63, 3.8) is 0 Å². The fourth-order valence-electron chi connectivity index (χ4n) is 5.90. The van der Waals surface area contributed by atoms with Crippen LogP contribution in [-0.2, 0) is 24.0 Å². The third kappa shape index (κ3) is 41.3. The van der Waals surface area contributed by atoms with Crippen LogP contribution in [0.3, 0.4) is 0 Å². The number of carboxylic acids is 1. The van der Waals surface area contributed by atoms with E-state index in [2.05, 4.69) is 74.5 Å². The lowest BCUT2D eigenvalue weighted by atomic mass is 10.2. The number of carbonyl (C=O) groups excluding carboxylic acids is 2. The first kappa shape index (κ1) is 55.8. The maximum absolute atomic E-state index is 12.4. The lowest BCUT2D eigenvalue weighted by molar-refractivity contribution is -0.137. The average molecular weight is 852 g/mol. The van der Waals surface area contributed by atoms with E-state index in [9.17, 15) is 14.4 Å². The van der Waals surface area contributed by atoms with Crippen molar-refractivity contribution >= 4 is 39.4 Å². The van der Waals surface area contributed by atoms with Gasteiger partial charge in [0.05, 0.1) is 12.7 Å². The molecule has 0 fully saturated rings. The summed E-state index contributed by atoms with van der Waals surface area (Å²) in [6, 6.07) is 0. The van der Waals surface area contributed by atoms with Crippen LogP contribution in [0.1, 0.15) is 83.5 Å². The Bertz CT molecular complexity index is 950. The van der Waals surface area contributed by atoms with Gasteiger partial charge in [-0.15, -0.1) is 0 Å². The smallest absolute Gasteiger partial charge is 0.303 e. The average Bonchev–Trinajstić information content (AvgIpc) is 3.18. The van der Waals surface area contributed by atoms with Gasteiger partial charge in [0.25, 0.3) is 0 Å². The van der Waals surface area contributed by atoms with Crippen molar-refractivity contribution in [1.82, 2.24) is 46.3 Å². The lowest BCUT2D eigenvalue weighted by Gasteiger charge is -2.26. The first-order valence-corrected chi connectivity index (χ1v) is 24.0. The zero-order valence-corrected chi connectivity index (χ0v) is 38.5. The highest BCUT2D eigenvalue weighted by Gasteiger charge is 2.16. The molecule has 0 rings (SSSR count). The SMILES string of the molecule is CNCCCN(C)CCCCN(C)CCCNOCCCSSCCC(=O)NCCCN(C)CCC(CN(C)CCCNC)OCC(=O)NCCCCCC(=O)O. The molecule has 0 aromatic heterocycles. The number of ether oxygens (including phenoxy) is 1. The molecule has 0 aromatic carbocycles. The van der Waals surface area contributed by atoms with E-state index in [1.165, 1.54) is 25.8 Å². The summed E-state index contributed by atoms with van der Waals surface area (Å²) in [7, 11) is 16.1. The van der Waals surface area contributed by atoms with Gasteiger partial charge in [-0.2, -0.15) is 0 Å². The van der Waals surface area contributed by atoms with Crippen LogP contribution in [-0.4, -0.2) is 201 Å². The second-order valence-corrected chi connectivity index (χ2v) is 17.8. The van der Waals surface area contributed by atoms with E-state index in [1.54, 1.807) is 21.6 Å². The quantitative estimate of drug-likeness (QED) is 0.0302. The van der Waals surface area contributed by atoms with E-state index >= 15 is 0 Å². The number of hydroxylamine groups is 1. The van der Waals surface area contributed by atoms with E-state index in [1.807, 2.05) is 14.1 Å². The van der Waals surface area contributed by atoms with Crippen LogP contribution in [0.2, 0.25) is 0 Å². The summed E-state index contributed by atoms with van der Waals surface area (Å²) in [6.07, 6.45) is 11.2. The zero-order chi connectivity index (χ0) is 42.2. The number of aliphatic carboxylic acids is 1. The monoisotopic (exact) mass is 852 g/mol. The number of hydrogen-bond acceptors (Lipinski definition) is 14. The molecule has 0 bridgehead atoms. The topological polar surface area (TPSA) is 163 Å². The summed E-state index contributed by atoms with van der Waals surface area (Å²) in [4.78, 5) is 50.3. The summed E-state index contributed by atoms with van der Waals surface area (Å²) < 4.78 is 6.07. The van der Waals surface area contributed by atoms with Gasteiger partial charge in [0.1, 0.15) is 6.61 Å². The molecule has 0 aliphatic rings. The number of unbranched alkanes of at least 4 members (excludes halogenated alkanes) is 3. The third-order valence-electron chi connectivity index (χ3n) is 9.38. The van der Waals surface area contributed by atoms with Gasteiger partial charge < -0.3 is 55.5 Å². The van der Waals surface area contributed by atoms with Crippen molar-refractivity contribution in [2.45, 2.75) is 89.6 Å². The Balaban J connectivity index is 3.92. The van der Waals surface area contributed by atoms with Crippen molar-refractivity contribution in [2.24, 2.45) is 0 Å². The molecule has 15 nitrogen and oxygen atoms in total. The molecule has 0 saturated heterocycles. The highest BCUT2D eigenvalue weighted by Crippen LogP contribution is 2.22. The van der Waals surface area contributed by atoms with Gasteiger partial charge in [-0.1, -0.05) is 28.0 Å². The van der Waals surface area contributed by atoms with Crippen molar-refractivity contribution < 1.29 is 29.1 Å². The second-order valence-electron chi connectivity index (χ2n) is 15.1. The first-order valence-electron chi connectivity index (χ1n) is 21.6. The molecule has 57 heavy (non-hydrogen) atoms. The summed E-state index contributed by atoms with van der Waals surface area (Å²) in [5.41, 5.74) is 3.10. The number of likely N-dealkylation sites (N-methyl/N-ethyl adjacent to an activating group) is 1. The van der Waals surface area contributed by atoms with Gasteiger partial charge in [-0.3, -0.25) is 14.4 Å². The van der Waals surface area contributed by atoms with Gasteiger partial charge in [-0.25, -0.2) is 5.48 Å². The summed E-state index contributed by atoms with van der Waals surface area (Å²) in [6.45, 7) is 12.7. The molecule has 1 unspecified atom stereocenters. The minimum atomic E-state index is -0.787. The number of hydrogen-bond donors (Lipinski definition) is 6. The van der Waals surface area contributed by atoms with Crippen LogP contribution in [0.25, 0.3) is 0 Å². The van der Waals surface area contributed by atoms with Crippen molar-refractivity contribution in [3.05, 3.63) is 0 Å². The van der Waals surface area contributed by atoms with E-state index in [0.717, 1.165) is 122 Å². The Morgan fingerprint density at radius 1 is 0.579 bits per heavy atom. The molecule has 0 heterocycles. The van der Waals surface area contributed by atoms with Crippen molar-refractivity contribution in [3.8, 4) is 0 Å². The maximum atomic E-state index is 12.4. The van der Waals surface area contributed by atoms with Crippen molar-refractivity contribution in [1.29, 1.82) is 0 Å². The number of carbonyl (C=O) groups is 3. The molecule has 1 atom stereocenters. The summed E-state index contributed by atoms with van der Waals surface area (Å²) in [5.74, 6) is 0.964. The summed E-state index contributed by atoms with van der Waals surface area (Å²) in [5, 5.41) is 21.1. The standard InChI is InChI=1S/C40H85N9O6S2/c1-41-20-12-27-46(3)25-10-11-26-47(4)29-15-24-45-55-32-16-33-56-57-34-19-38(50)43-23-14-28-48(5)31-18-37(35-49(6)30-13-21-42-2)54-36-39(51)44-22-9-7-8-17-40(52)53/h37,41-42,45H,7-36H2,1-6H3,(H,43,50)(H,44,51)(H,52,53). The minimum Gasteiger partial charge on any atom is -0.481 e. The third-order valence-corrected chi connectivity index (χ3v) is 11.9. The van der Waals surface area contributed by atoms with E-state index in [4.69, 9.17) is 14.7 Å². The Morgan fingerprint density at radius 2 is 1.12 bits per heavy atom. The molecular weight excluding hydrogens is 767 g/mol. The molecule has 0 aliphatic heterocycles. The number of amides is 2. The Kier molecular flexibility index (Phi) is 40.6. The number of carboxylic acid groups (broad SMARTS) is 1. The molecule has 0 aliphatic carbocycles. The second kappa shape index (κ2) is 41.5. The van der Waals surface area contributed by atoms with Crippen LogP contribution in [0.4, 0.5) is 0 Å². The fraction of sp³-hybridized carbons (Fsp3) is 0.925. The highest BCUT2D eigenvalue weighted by atomic mass is 33.1. The molecule has 0 saturated carbocycles. The van der Waals surface area contributed by atoms with Crippen LogP contribution >= 0.6 is 21.6 Å². The predicted molar refractivity (Wildman–Crippen MR) is 240 cm³/mol. The zero-order valence-electron chi connectivity index (χ0n) is 36.9. The number of nitrogens with one attached hydrogen (secondary N) is 5. The van der Waals surface area contributed by atoms with Gasteiger partial charge in [0.15, 0.2) is 0 Å². The van der Waals surface area contributed by atoms with Crippen molar-refractivity contribution in [2.75, 3.05) is 152 Å². The number of rotatable bonds is 44. The van der Waals surface area contributed by atoms with Gasteiger partial charge in [-0.05, 0) is 159 Å². The van der Waals surface area contributed by atoms with E-state index in [-0.39, 0.29) is 30.9 Å². The molecular formula is C40H85N9O6S2. The predicted octanol–water partition coefficient (Wildman–Crippen LogP) is 2.83. The van der Waals surface area contributed by atoms with Crippen LogP contribution < -0.4 is 26.7 Å². The normalized spacial score (nSPS) is 12.3. The van der Waals surface area contributed by atoms with Gasteiger partial charge in [0.2, 0.25) is 11.8 Å². The Morgan fingerprint density at radius 3 is 1.77 bits per heavy atom. The van der Waals surface area contributed by atoms with Crippen LogP contribution in [0.15, 0.2) is 0 Å². The number of nitrogens with zero attached hydrogens (tertiary/aromatic N) is 4.